The predicted octanol–water partition coefficient (Wildman–Crippen LogP) is 1.18. The lowest BCUT2D eigenvalue weighted by atomic mass is 10.2. The Balaban J connectivity index is 2.73. The number of rotatable bonds is 2. The summed E-state index contributed by atoms with van der Waals surface area (Å²) in [6.45, 7) is 3.73. The van der Waals surface area contributed by atoms with Gasteiger partial charge < -0.3 is 4.74 Å². The van der Waals surface area contributed by atoms with Gasteiger partial charge in [0.2, 0.25) is 0 Å². The second-order valence-electron chi connectivity index (χ2n) is 3.57. The Hall–Kier alpha value is -2.17. The highest BCUT2D eigenvalue weighted by molar-refractivity contribution is 5.95. The van der Waals surface area contributed by atoms with E-state index in [0.717, 1.165) is 0 Å². The van der Waals surface area contributed by atoms with Crippen LogP contribution in [0.3, 0.4) is 0 Å². The van der Waals surface area contributed by atoms with Crippen molar-refractivity contribution in [1.29, 1.82) is 0 Å². The number of aryl methyl sites for hydroxylation is 1. The van der Waals surface area contributed by atoms with Crippen molar-refractivity contribution < 1.29 is 9.53 Å². The molecule has 0 atom stereocenters. The minimum absolute atomic E-state index is 0.210. The van der Waals surface area contributed by atoms with Crippen LogP contribution >= 0.6 is 0 Å². The van der Waals surface area contributed by atoms with Crippen molar-refractivity contribution in [2.24, 2.45) is 0 Å². The molecular formula is C12H12N2O3. The van der Waals surface area contributed by atoms with Crippen LogP contribution in [-0.4, -0.2) is 22.0 Å². The van der Waals surface area contributed by atoms with Gasteiger partial charge in [0.15, 0.2) is 5.65 Å². The number of hydrogen-bond donors (Lipinski definition) is 0. The Morgan fingerprint density at radius 3 is 3.00 bits per heavy atom. The molecule has 0 spiro atoms. The summed E-state index contributed by atoms with van der Waals surface area (Å²) in [6, 6.07) is 4.64. The van der Waals surface area contributed by atoms with Crippen molar-refractivity contribution in [1.82, 2.24) is 9.38 Å². The average Bonchev–Trinajstić information content (AvgIpc) is 2.28. The first-order valence-corrected chi connectivity index (χ1v) is 5.29. The number of carbonyl (C=O) groups is 1. The maximum absolute atomic E-state index is 11.7. The fourth-order valence-electron chi connectivity index (χ4n) is 1.61. The van der Waals surface area contributed by atoms with E-state index in [1.54, 1.807) is 32.2 Å². The number of pyridine rings is 1. The lowest BCUT2D eigenvalue weighted by Gasteiger charge is -2.06. The van der Waals surface area contributed by atoms with Crippen molar-refractivity contribution in [2.75, 3.05) is 6.61 Å². The monoisotopic (exact) mass is 232 g/mol. The van der Waals surface area contributed by atoms with Gasteiger partial charge in [0.05, 0.1) is 6.61 Å². The van der Waals surface area contributed by atoms with Gasteiger partial charge >= 0.3 is 5.97 Å². The lowest BCUT2D eigenvalue weighted by Crippen LogP contribution is -2.17. The van der Waals surface area contributed by atoms with Crippen LogP contribution in [0.4, 0.5) is 0 Å². The van der Waals surface area contributed by atoms with E-state index in [4.69, 9.17) is 4.74 Å². The highest BCUT2D eigenvalue weighted by Crippen LogP contribution is 2.08. The Labute approximate surface area is 97.7 Å². The molecule has 2 rings (SSSR count). The van der Waals surface area contributed by atoms with E-state index >= 15 is 0 Å². The van der Waals surface area contributed by atoms with Crippen molar-refractivity contribution in [3.8, 4) is 0 Å². The maximum Gasteiger partial charge on any atom is 0.341 e. The third kappa shape index (κ3) is 2.04. The topological polar surface area (TPSA) is 60.7 Å². The molecule has 5 nitrogen and oxygen atoms in total. The number of esters is 1. The summed E-state index contributed by atoms with van der Waals surface area (Å²) in [7, 11) is 0. The van der Waals surface area contributed by atoms with E-state index in [1.807, 2.05) is 0 Å². The number of aromatic nitrogens is 2. The summed E-state index contributed by atoms with van der Waals surface area (Å²) >= 11 is 0. The first-order valence-electron chi connectivity index (χ1n) is 5.29. The third-order valence-electron chi connectivity index (χ3n) is 2.31. The number of fused-ring (bicyclic) bond motifs is 1. The highest BCUT2D eigenvalue weighted by atomic mass is 16.5. The van der Waals surface area contributed by atoms with E-state index in [1.165, 1.54) is 10.5 Å². The minimum Gasteiger partial charge on any atom is -0.462 e. The van der Waals surface area contributed by atoms with Crippen LogP contribution in [0, 0.1) is 6.92 Å². The van der Waals surface area contributed by atoms with Gasteiger partial charge in [-0.05, 0) is 26.0 Å². The molecule has 2 aromatic rings. The Kier molecular flexibility index (Phi) is 2.91. The van der Waals surface area contributed by atoms with E-state index in [-0.39, 0.29) is 12.2 Å². The number of ether oxygens (including phenoxy) is 1. The van der Waals surface area contributed by atoms with Crippen molar-refractivity contribution >= 4 is 11.6 Å². The van der Waals surface area contributed by atoms with Crippen LogP contribution in [0.1, 0.15) is 23.0 Å². The molecule has 0 aliphatic carbocycles. The molecule has 2 heterocycles. The molecule has 0 fully saturated rings. The molecule has 2 aromatic heterocycles. The number of carbonyl (C=O) groups excluding carboxylic acids is 1. The molecule has 0 aliphatic rings. The Bertz CT molecular complexity index is 631. The summed E-state index contributed by atoms with van der Waals surface area (Å²) in [6.07, 6.45) is 1.58. The quantitative estimate of drug-likeness (QED) is 0.729. The van der Waals surface area contributed by atoms with Gasteiger partial charge in [-0.3, -0.25) is 9.20 Å². The van der Waals surface area contributed by atoms with Gasteiger partial charge in [-0.2, -0.15) is 0 Å². The molecule has 0 aliphatic heterocycles. The van der Waals surface area contributed by atoms with Crippen LogP contribution < -0.4 is 5.56 Å². The molecule has 0 amide bonds. The molecule has 0 radical (unpaired) electrons. The van der Waals surface area contributed by atoms with E-state index in [2.05, 4.69) is 4.98 Å². The smallest absolute Gasteiger partial charge is 0.341 e. The van der Waals surface area contributed by atoms with E-state index in [9.17, 15) is 9.59 Å². The molecule has 5 heteroatoms. The van der Waals surface area contributed by atoms with Crippen LogP contribution in [-0.2, 0) is 4.74 Å². The summed E-state index contributed by atoms with van der Waals surface area (Å²) in [5, 5.41) is 0. The highest BCUT2D eigenvalue weighted by Gasteiger charge is 2.13. The van der Waals surface area contributed by atoms with Crippen LogP contribution in [0.25, 0.3) is 5.65 Å². The molecule has 88 valence electrons. The minimum atomic E-state index is -0.469. The summed E-state index contributed by atoms with van der Waals surface area (Å²) in [4.78, 5) is 27.6. The number of hydrogen-bond acceptors (Lipinski definition) is 4. The fraction of sp³-hybridized carbons (Fsp3) is 0.250. The van der Waals surface area contributed by atoms with Crippen molar-refractivity contribution in [3.05, 3.63) is 46.0 Å². The van der Waals surface area contributed by atoms with Gasteiger partial charge in [-0.1, -0.05) is 0 Å². The molecule has 0 N–H and O–H groups in total. The van der Waals surface area contributed by atoms with Gasteiger partial charge in [0.1, 0.15) is 5.56 Å². The van der Waals surface area contributed by atoms with Crippen molar-refractivity contribution in [3.63, 3.8) is 0 Å². The zero-order valence-electron chi connectivity index (χ0n) is 9.64. The standard InChI is InChI=1S/C12H12N2O3/c1-3-17-12(16)9-5-4-6-14-10(15)7-8(2)13-11(9)14/h4-7H,3H2,1-2H3. The molecule has 17 heavy (non-hydrogen) atoms. The van der Waals surface area contributed by atoms with E-state index < -0.39 is 5.97 Å². The van der Waals surface area contributed by atoms with Crippen LogP contribution in [0.2, 0.25) is 0 Å². The second kappa shape index (κ2) is 4.37. The summed E-state index contributed by atoms with van der Waals surface area (Å²) < 4.78 is 6.25. The Morgan fingerprint density at radius 2 is 2.29 bits per heavy atom. The summed E-state index contributed by atoms with van der Waals surface area (Å²) in [5.41, 5.74) is 0.997. The molecular weight excluding hydrogens is 220 g/mol. The third-order valence-corrected chi connectivity index (χ3v) is 2.31. The molecule has 0 bridgehead atoms. The van der Waals surface area contributed by atoms with Crippen LogP contribution in [0.15, 0.2) is 29.2 Å². The maximum atomic E-state index is 11.7. The zero-order chi connectivity index (χ0) is 12.4. The van der Waals surface area contributed by atoms with Gasteiger partial charge in [-0.25, -0.2) is 9.78 Å². The van der Waals surface area contributed by atoms with Crippen LogP contribution in [0.5, 0.6) is 0 Å². The predicted molar refractivity (Wildman–Crippen MR) is 62.2 cm³/mol. The van der Waals surface area contributed by atoms with Gasteiger partial charge in [-0.15, -0.1) is 0 Å². The normalized spacial score (nSPS) is 10.5. The molecule has 0 aromatic carbocycles. The SMILES string of the molecule is CCOC(=O)c1cccn2c(=O)cc(C)nc12. The summed E-state index contributed by atoms with van der Waals surface area (Å²) in [5.74, 6) is -0.469. The van der Waals surface area contributed by atoms with E-state index in [0.29, 0.717) is 16.9 Å². The van der Waals surface area contributed by atoms with Gasteiger partial charge in [0.25, 0.3) is 5.56 Å². The fourth-order valence-corrected chi connectivity index (χ4v) is 1.61. The first-order chi connectivity index (χ1) is 8.13. The lowest BCUT2D eigenvalue weighted by molar-refractivity contribution is 0.0528. The second-order valence-corrected chi connectivity index (χ2v) is 3.57. The zero-order valence-corrected chi connectivity index (χ0v) is 9.64. The molecule has 0 saturated carbocycles. The van der Waals surface area contributed by atoms with Gasteiger partial charge in [0, 0.05) is 18.0 Å². The average molecular weight is 232 g/mol. The largest absolute Gasteiger partial charge is 0.462 e. The molecule has 0 unspecified atom stereocenters. The van der Waals surface area contributed by atoms with Crippen molar-refractivity contribution in [2.45, 2.75) is 13.8 Å². The molecule has 0 saturated heterocycles. The first kappa shape index (κ1) is 11.3. The Morgan fingerprint density at radius 1 is 1.53 bits per heavy atom. The number of nitrogens with zero attached hydrogens (tertiary/aromatic N) is 2.